The molecule has 0 fully saturated rings. The van der Waals surface area contributed by atoms with E-state index in [1.807, 2.05) is 12.3 Å². The zero-order chi connectivity index (χ0) is 11.4. The van der Waals surface area contributed by atoms with Gasteiger partial charge in [0.1, 0.15) is 0 Å². The molecule has 94 valence electrons. The molecule has 0 unspecified atom stereocenters. The van der Waals surface area contributed by atoms with Gasteiger partial charge in [0.15, 0.2) is 0 Å². The quantitative estimate of drug-likeness (QED) is 0.881. The van der Waals surface area contributed by atoms with Gasteiger partial charge < -0.3 is 10.4 Å². The molecule has 0 aliphatic rings. The lowest BCUT2D eigenvalue weighted by molar-refractivity contribution is 0.269. The zero-order valence-corrected chi connectivity index (χ0v) is 12.2. The average Bonchev–Trinajstić information content (AvgIpc) is 2.85. The molecule has 0 spiro atoms. The fraction of sp³-hybridized carbons (Fsp3) is 0.300. The van der Waals surface area contributed by atoms with Crippen molar-refractivity contribution in [3.63, 3.8) is 0 Å². The van der Waals surface area contributed by atoms with Gasteiger partial charge in [0.05, 0.1) is 28.8 Å². The molecule has 17 heavy (non-hydrogen) atoms. The van der Waals surface area contributed by atoms with Crippen molar-refractivity contribution >= 4 is 45.4 Å². The Morgan fingerprint density at radius 3 is 2.94 bits per heavy atom. The monoisotopic (exact) mass is 337 g/mol. The fourth-order valence-electron chi connectivity index (χ4n) is 1.32. The van der Waals surface area contributed by atoms with Crippen LogP contribution in [0.5, 0.6) is 0 Å². The molecule has 2 aromatic heterocycles. The minimum absolute atomic E-state index is 0. The molecular formula is C10H13BrClN3OS. The third-order valence-corrected chi connectivity index (χ3v) is 3.68. The van der Waals surface area contributed by atoms with Crippen LogP contribution in [-0.4, -0.2) is 21.5 Å². The standard InChI is InChI=1S/C10H12BrN3OS.ClH/c11-10-2-1-9(16-10)6-12-8-5-13-14(7-8)3-4-15;/h1-2,5,7,12,15H,3-4,6H2;1H. The van der Waals surface area contributed by atoms with Crippen LogP contribution in [0.15, 0.2) is 28.3 Å². The van der Waals surface area contributed by atoms with Gasteiger partial charge in [-0.25, -0.2) is 0 Å². The van der Waals surface area contributed by atoms with Crippen LogP contribution in [0.2, 0.25) is 0 Å². The second-order valence-electron chi connectivity index (χ2n) is 3.28. The Bertz CT molecular complexity index is 460. The van der Waals surface area contributed by atoms with Crippen LogP contribution in [0, 0.1) is 0 Å². The highest BCUT2D eigenvalue weighted by molar-refractivity contribution is 9.11. The van der Waals surface area contributed by atoms with Crippen molar-refractivity contribution in [2.24, 2.45) is 0 Å². The topological polar surface area (TPSA) is 50.1 Å². The molecule has 0 saturated heterocycles. The summed E-state index contributed by atoms with van der Waals surface area (Å²) in [4.78, 5) is 1.27. The minimum atomic E-state index is 0. The highest BCUT2D eigenvalue weighted by Crippen LogP contribution is 2.22. The largest absolute Gasteiger partial charge is 0.394 e. The lowest BCUT2D eigenvalue weighted by atomic mass is 10.4. The van der Waals surface area contributed by atoms with E-state index in [1.165, 1.54) is 4.88 Å². The lowest BCUT2D eigenvalue weighted by Crippen LogP contribution is -2.01. The summed E-state index contributed by atoms with van der Waals surface area (Å²) < 4.78 is 2.85. The summed E-state index contributed by atoms with van der Waals surface area (Å²) in [6, 6.07) is 4.12. The predicted octanol–water partition coefficient (Wildman–Crippen LogP) is 2.73. The lowest BCUT2D eigenvalue weighted by Gasteiger charge is -2.00. The summed E-state index contributed by atoms with van der Waals surface area (Å²) in [5, 5.41) is 16.1. The maximum Gasteiger partial charge on any atom is 0.0729 e. The van der Waals surface area contributed by atoms with E-state index in [4.69, 9.17) is 5.11 Å². The van der Waals surface area contributed by atoms with E-state index in [-0.39, 0.29) is 19.0 Å². The number of hydrogen-bond donors (Lipinski definition) is 2. The van der Waals surface area contributed by atoms with E-state index in [1.54, 1.807) is 22.2 Å². The predicted molar refractivity (Wildman–Crippen MR) is 75.9 cm³/mol. The van der Waals surface area contributed by atoms with Crippen LogP contribution in [0.4, 0.5) is 5.69 Å². The molecule has 0 amide bonds. The Kier molecular flexibility index (Phi) is 5.97. The van der Waals surface area contributed by atoms with Gasteiger partial charge in [0.25, 0.3) is 0 Å². The number of aliphatic hydroxyl groups is 1. The molecule has 0 bridgehead atoms. The van der Waals surface area contributed by atoms with Gasteiger partial charge in [-0.2, -0.15) is 5.10 Å². The van der Waals surface area contributed by atoms with E-state index >= 15 is 0 Å². The molecule has 2 heterocycles. The van der Waals surface area contributed by atoms with E-state index < -0.39 is 0 Å². The van der Waals surface area contributed by atoms with Crippen LogP contribution >= 0.6 is 39.7 Å². The van der Waals surface area contributed by atoms with E-state index in [0.717, 1.165) is 16.0 Å². The Morgan fingerprint density at radius 1 is 1.47 bits per heavy atom. The Hall–Kier alpha value is -0.560. The van der Waals surface area contributed by atoms with Crippen LogP contribution in [0.25, 0.3) is 0 Å². The molecule has 0 aliphatic heterocycles. The van der Waals surface area contributed by atoms with Crippen molar-refractivity contribution in [2.45, 2.75) is 13.1 Å². The molecule has 0 radical (unpaired) electrons. The molecule has 0 aliphatic carbocycles. The number of rotatable bonds is 5. The summed E-state index contributed by atoms with van der Waals surface area (Å²) in [7, 11) is 0. The molecule has 2 N–H and O–H groups in total. The highest BCUT2D eigenvalue weighted by atomic mass is 79.9. The molecule has 0 saturated carbocycles. The van der Waals surface area contributed by atoms with E-state index in [9.17, 15) is 0 Å². The number of aromatic nitrogens is 2. The number of nitrogens with one attached hydrogen (secondary N) is 1. The summed E-state index contributed by atoms with van der Waals surface area (Å²) in [6.45, 7) is 1.44. The van der Waals surface area contributed by atoms with Gasteiger partial charge in [-0.05, 0) is 28.1 Å². The number of aliphatic hydroxyl groups excluding tert-OH is 1. The van der Waals surface area contributed by atoms with Crippen LogP contribution in [-0.2, 0) is 13.1 Å². The molecule has 0 aromatic carbocycles. The molecule has 0 atom stereocenters. The van der Waals surface area contributed by atoms with Crippen LogP contribution < -0.4 is 5.32 Å². The number of thiophene rings is 1. The molecule has 4 nitrogen and oxygen atoms in total. The normalized spacial score (nSPS) is 10.0. The highest BCUT2D eigenvalue weighted by Gasteiger charge is 2.00. The average molecular weight is 339 g/mol. The second-order valence-corrected chi connectivity index (χ2v) is 5.82. The third-order valence-electron chi connectivity index (χ3n) is 2.06. The van der Waals surface area contributed by atoms with Gasteiger partial charge in [-0.3, -0.25) is 4.68 Å². The minimum Gasteiger partial charge on any atom is -0.394 e. The summed E-state index contributed by atoms with van der Waals surface area (Å²) in [5.41, 5.74) is 0.970. The first-order chi connectivity index (χ1) is 7.78. The molecule has 2 rings (SSSR count). The Labute approximate surface area is 118 Å². The van der Waals surface area contributed by atoms with Crippen molar-refractivity contribution in [3.05, 3.63) is 33.2 Å². The number of halogens is 2. The zero-order valence-electron chi connectivity index (χ0n) is 8.97. The van der Waals surface area contributed by atoms with E-state index in [0.29, 0.717) is 6.54 Å². The summed E-state index contributed by atoms with van der Waals surface area (Å²) >= 11 is 5.14. The first-order valence-corrected chi connectivity index (χ1v) is 6.50. The van der Waals surface area contributed by atoms with Gasteiger partial charge in [0.2, 0.25) is 0 Å². The maximum atomic E-state index is 8.75. The van der Waals surface area contributed by atoms with Crippen molar-refractivity contribution < 1.29 is 5.11 Å². The molecule has 2 aromatic rings. The van der Waals surface area contributed by atoms with Crippen molar-refractivity contribution in [1.82, 2.24) is 9.78 Å². The first kappa shape index (κ1) is 14.5. The number of hydrogen-bond acceptors (Lipinski definition) is 4. The van der Waals surface area contributed by atoms with Gasteiger partial charge in [-0.1, -0.05) is 0 Å². The maximum absolute atomic E-state index is 8.75. The summed E-state index contributed by atoms with van der Waals surface area (Å²) in [5.74, 6) is 0. The fourth-order valence-corrected chi connectivity index (χ4v) is 2.74. The van der Waals surface area contributed by atoms with Crippen LogP contribution in [0.3, 0.4) is 0 Å². The van der Waals surface area contributed by atoms with E-state index in [2.05, 4.69) is 32.4 Å². The van der Waals surface area contributed by atoms with Gasteiger partial charge in [-0.15, -0.1) is 23.7 Å². The summed E-state index contributed by atoms with van der Waals surface area (Å²) in [6.07, 6.45) is 3.65. The second kappa shape index (κ2) is 7.00. The Balaban J connectivity index is 0.00000144. The molecule has 7 heteroatoms. The van der Waals surface area contributed by atoms with Gasteiger partial charge >= 0.3 is 0 Å². The smallest absolute Gasteiger partial charge is 0.0729 e. The Morgan fingerprint density at radius 2 is 2.29 bits per heavy atom. The first-order valence-electron chi connectivity index (χ1n) is 4.89. The number of nitrogens with zero attached hydrogens (tertiary/aromatic N) is 2. The van der Waals surface area contributed by atoms with Crippen LogP contribution in [0.1, 0.15) is 4.88 Å². The van der Waals surface area contributed by atoms with Crippen molar-refractivity contribution in [3.8, 4) is 0 Å². The van der Waals surface area contributed by atoms with Crippen molar-refractivity contribution in [2.75, 3.05) is 11.9 Å². The molecular weight excluding hydrogens is 326 g/mol. The van der Waals surface area contributed by atoms with Crippen molar-refractivity contribution in [1.29, 1.82) is 0 Å². The third kappa shape index (κ3) is 4.31. The van der Waals surface area contributed by atoms with Gasteiger partial charge in [0, 0.05) is 17.6 Å². The number of anilines is 1. The SMILES string of the molecule is Cl.OCCn1cc(NCc2ccc(Br)s2)cn1.